The van der Waals surface area contributed by atoms with Crippen molar-refractivity contribution < 1.29 is 31.5 Å². The fourth-order valence-corrected chi connectivity index (χ4v) is 2.92. The molecule has 1 amide bonds. The third-order valence-corrected chi connectivity index (χ3v) is 4.54. The highest BCUT2D eigenvalue weighted by Crippen LogP contribution is 2.39. The van der Waals surface area contributed by atoms with Gasteiger partial charge in [0, 0.05) is 23.2 Å². The lowest BCUT2D eigenvalue weighted by Gasteiger charge is -2.19. The summed E-state index contributed by atoms with van der Waals surface area (Å²) in [4.78, 5) is 11.7. The lowest BCUT2D eigenvalue weighted by Crippen LogP contribution is -2.15. The van der Waals surface area contributed by atoms with E-state index in [0.29, 0.717) is 17.5 Å². The number of nitrogens with one attached hydrogen (secondary N) is 1. The van der Waals surface area contributed by atoms with Crippen molar-refractivity contribution in [3.05, 3.63) is 58.1 Å². The summed E-state index contributed by atoms with van der Waals surface area (Å²) >= 11 is 0. The monoisotopic (exact) mass is 415 g/mol. The molecule has 3 nitrogen and oxygen atoms in total. The molecule has 2 rings (SSSR count). The molecule has 29 heavy (non-hydrogen) atoms. The highest BCUT2D eigenvalue weighted by atomic mass is 19.4. The van der Waals surface area contributed by atoms with Gasteiger partial charge in [-0.2, -0.15) is 13.2 Å². The van der Waals surface area contributed by atoms with Gasteiger partial charge in [0.2, 0.25) is 5.91 Å². The molecule has 2 aromatic rings. The number of hydrogen-bond acceptors (Lipinski definition) is 2. The summed E-state index contributed by atoms with van der Waals surface area (Å²) in [5.74, 6) is -0.846. The van der Waals surface area contributed by atoms with Gasteiger partial charge in [-0.25, -0.2) is 8.78 Å². The largest absolute Gasteiger partial charge is 0.488 e. The van der Waals surface area contributed by atoms with Crippen molar-refractivity contribution in [3.63, 3.8) is 0 Å². The first kappa shape index (κ1) is 22.6. The standard InChI is InChI=1S/C21H22F5NO2/c1-4-13-10-16(21(24,25)26)18(9-12(13)3)29-11-15-14(20(22)23)7-6-8-17(15)27-19(28)5-2/h6-10,20H,4-5,11H2,1-3H3,(H,27,28). The molecule has 0 aliphatic rings. The van der Waals surface area contributed by atoms with Gasteiger partial charge < -0.3 is 10.1 Å². The molecule has 0 spiro atoms. The molecule has 0 aliphatic carbocycles. The Kier molecular flexibility index (Phi) is 7.21. The smallest absolute Gasteiger partial charge is 0.419 e. The van der Waals surface area contributed by atoms with Crippen molar-refractivity contribution in [2.75, 3.05) is 5.32 Å². The fourth-order valence-electron chi connectivity index (χ4n) is 2.92. The number of carbonyl (C=O) groups is 1. The van der Waals surface area contributed by atoms with E-state index >= 15 is 0 Å². The lowest BCUT2D eigenvalue weighted by atomic mass is 10.0. The van der Waals surface area contributed by atoms with Crippen LogP contribution < -0.4 is 10.1 Å². The van der Waals surface area contributed by atoms with Gasteiger partial charge >= 0.3 is 6.18 Å². The molecule has 0 saturated heterocycles. The Morgan fingerprint density at radius 3 is 2.41 bits per heavy atom. The Hall–Kier alpha value is -2.64. The zero-order valence-electron chi connectivity index (χ0n) is 16.3. The van der Waals surface area contributed by atoms with Crippen LogP contribution in [0.1, 0.15) is 54.5 Å². The van der Waals surface area contributed by atoms with Crippen LogP contribution in [0.3, 0.4) is 0 Å². The molecule has 2 aromatic carbocycles. The number of ether oxygens (including phenoxy) is 1. The summed E-state index contributed by atoms with van der Waals surface area (Å²) in [6.07, 6.45) is -7.00. The predicted octanol–water partition coefficient (Wildman–Crippen LogP) is 6.44. The Morgan fingerprint density at radius 1 is 1.17 bits per heavy atom. The Balaban J connectivity index is 2.46. The van der Waals surface area contributed by atoms with E-state index < -0.39 is 42.0 Å². The normalized spacial score (nSPS) is 11.6. The number of benzene rings is 2. The van der Waals surface area contributed by atoms with Crippen molar-refractivity contribution in [1.29, 1.82) is 0 Å². The first-order valence-electron chi connectivity index (χ1n) is 9.11. The molecule has 0 atom stereocenters. The van der Waals surface area contributed by atoms with Crippen LogP contribution in [0, 0.1) is 6.92 Å². The van der Waals surface area contributed by atoms with Crippen LogP contribution >= 0.6 is 0 Å². The van der Waals surface area contributed by atoms with Crippen LogP contribution in [-0.2, 0) is 24.0 Å². The first-order chi connectivity index (χ1) is 13.6. The molecule has 0 aromatic heterocycles. The van der Waals surface area contributed by atoms with Crippen LogP contribution in [0.25, 0.3) is 0 Å². The summed E-state index contributed by atoms with van der Waals surface area (Å²) in [5.41, 5.74) is -0.214. The van der Waals surface area contributed by atoms with Crippen molar-refractivity contribution in [2.24, 2.45) is 0 Å². The van der Waals surface area contributed by atoms with Gasteiger partial charge in [-0.1, -0.05) is 26.0 Å². The number of alkyl halides is 5. The van der Waals surface area contributed by atoms with E-state index in [2.05, 4.69) is 5.32 Å². The fraction of sp³-hybridized carbons (Fsp3) is 0.381. The van der Waals surface area contributed by atoms with E-state index in [9.17, 15) is 26.7 Å². The van der Waals surface area contributed by atoms with Crippen LogP contribution in [-0.4, -0.2) is 5.91 Å². The average molecular weight is 415 g/mol. The molecule has 0 radical (unpaired) electrons. The summed E-state index contributed by atoms with van der Waals surface area (Å²) < 4.78 is 72.7. The maximum Gasteiger partial charge on any atom is 0.419 e. The average Bonchev–Trinajstić information content (AvgIpc) is 2.65. The van der Waals surface area contributed by atoms with Gasteiger partial charge in [0.05, 0.1) is 5.56 Å². The maximum absolute atomic E-state index is 13.5. The minimum Gasteiger partial charge on any atom is -0.488 e. The summed E-state index contributed by atoms with van der Waals surface area (Å²) in [7, 11) is 0. The van der Waals surface area contributed by atoms with Gasteiger partial charge in [0.1, 0.15) is 12.4 Å². The number of anilines is 1. The molecule has 8 heteroatoms. The predicted molar refractivity (Wildman–Crippen MR) is 100 cm³/mol. The second-order valence-electron chi connectivity index (χ2n) is 6.49. The maximum atomic E-state index is 13.5. The van der Waals surface area contributed by atoms with E-state index in [4.69, 9.17) is 4.74 Å². The van der Waals surface area contributed by atoms with E-state index in [0.717, 1.165) is 12.1 Å². The van der Waals surface area contributed by atoms with Gasteiger partial charge in [-0.15, -0.1) is 0 Å². The van der Waals surface area contributed by atoms with Crippen LogP contribution in [0.15, 0.2) is 30.3 Å². The molecule has 1 N–H and O–H groups in total. The van der Waals surface area contributed by atoms with Crippen molar-refractivity contribution in [1.82, 2.24) is 0 Å². The second-order valence-corrected chi connectivity index (χ2v) is 6.49. The topological polar surface area (TPSA) is 38.3 Å². The number of carbonyl (C=O) groups excluding carboxylic acids is 1. The van der Waals surface area contributed by atoms with Crippen LogP contribution in [0.2, 0.25) is 0 Å². The van der Waals surface area contributed by atoms with E-state index in [-0.39, 0.29) is 17.7 Å². The first-order valence-corrected chi connectivity index (χ1v) is 9.11. The SMILES string of the molecule is CCC(=O)Nc1cccc(C(F)F)c1COc1cc(C)c(CC)cc1C(F)(F)F. The van der Waals surface area contributed by atoms with Crippen molar-refractivity contribution >= 4 is 11.6 Å². The zero-order chi connectivity index (χ0) is 21.8. The number of amides is 1. The van der Waals surface area contributed by atoms with Crippen LogP contribution in [0.4, 0.5) is 27.6 Å². The Morgan fingerprint density at radius 2 is 1.86 bits per heavy atom. The molecule has 0 aliphatic heterocycles. The minimum atomic E-state index is -4.66. The Labute approximate surface area is 165 Å². The minimum absolute atomic E-state index is 0.0605. The molecule has 0 unspecified atom stereocenters. The summed E-state index contributed by atoms with van der Waals surface area (Å²) in [5, 5.41) is 2.49. The molecular formula is C21H22F5NO2. The molecule has 0 bridgehead atoms. The van der Waals surface area contributed by atoms with E-state index in [1.165, 1.54) is 18.2 Å². The lowest BCUT2D eigenvalue weighted by molar-refractivity contribution is -0.139. The molecule has 0 heterocycles. The van der Waals surface area contributed by atoms with Gasteiger partial charge in [0.15, 0.2) is 0 Å². The summed E-state index contributed by atoms with van der Waals surface area (Å²) in [6.45, 7) is 4.44. The van der Waals surface area contributed by atoms with Crippen molar-refractivity contribution in [3.8, 4) is 5.75 Å². The number of rotatable bonds is 7. The third kappa shape index (κ3) is 5.46. The molecule has 0 fully saturated rings. The van der Waals surface area contributed by atoms with Crippen LogP contribution in [0.5, 0.6) is 5.75 Å². The van der Waals surface area contributed by atoms with Gasteiger partial charge in [0.25, 0.3) is 6.43 Å². The van der Waals surface area contributed by atoms with Gasteiger partial charge in [-0.05, 0) is 42.7 Å². The third-order valence-electron chi connectivity index (χ3n) is 4.54. The number of halogens is 5. The quantitative estimate of drug-likeness (QED) is 0.529. The number of hydrogen-bond donors (Lipinski definition) is 1. The van der Waals surface area contributed by atoms with E-state index in [1.54, 1.807) is 20.8 Å². The zero-order valence-corrected chi connectivity index (χ0v) is 16.3. The molecule has 0 saturated carbocycles. The van der Waals surface area contributed by atoms with Crippen molar-refractivity contribution in [2.45, 2.75) is 52.8 Å². The van der Waals surface area contributed by atoms with Gasteiger partial charge in [-0.3, -0.25) is 4.79 Å². The summed E-state index contributed by atoms with van der Waals surface area (Å²) in [6, 6.07) is 6.19. The highest BCUT2D eigenvalue weighted by Gasteiger charge is 2.35. The van der Waals surface area contributed by atoms with E-state index in [1.807, 2.05) is 0 Å². The second kappa shape index (κ2) is 9.24. The Bertz CT molecular complexity index is 878. The number of aryl methyl sites for hydroxylation is 2. The highest BCUT2D eigenvalue weighted by molar-refractivity contribution is 5.91. The molecule has 158 valence electrons. The molecular weight excluding hydrogens is 393 g/mol.